The van der Waals surface area contributed by atoms with Gasteiger partial charge in [0.25, 0.3) is 0 Å². The molecule has 0 aromatic rings. The zero-order chi connectivity index (χ0) is 12.6. The lowest BCUT2D eigenvalue weighted by atomic mass is 10.1. The van der Waals surface area contributed by atoms with Crippen LogP contribution in [-0.4, -0.2) is 36.2 Å². The zero-order valence-electron chi connectivity index (χ0n) is 10.2. The molecule has 0 radical (unpaired) electrons. The molecular weight excluding hydrogens is 210 g/mol. The van der Waals surface area contributed by atoms with E-state index in [0.29, 0.717) is 12.8 Å². The molecule has 16 heavy (non-hydrogen) atoms. The number of rotatable bonds is 8. The number of hydrogen-bond donors (Lipinski definition) is 2. The van der Waals surface area contributed by atoms with E-state index in [2.05, 4.69) is 5.32 Å². The predicted octanol–water partition coefficient (Wildman–Crippen LogP) is 1.17. The van der Waals surface area contributed by atoms with Crippen LogP contribution in [0, 0.1) is 0 Å². The first-order valence-corrected chi connectivity index (χ1v) is 5.62. The second kappa shape index (κ2) is 8.10. The maximum absolute atomic E-state index is 11.6. The van der Waals surface area contributed by atoms with Crippen molar-refractivity contribution in [3.8, 4) is 0 Å². The van der Waals surface area contributed by atoms with E-state index in [9.17, 15) is 9.59 Å². The number of carboxylic acids is 1. The maximum Gasteiger partial charge on any atom is 0.326 e. The summed E-state index contributed by atoms with van der Waals surface area (Å²) in [5, 5.41) is 11.4. The van der Waals surface area contributed by atoms with E-state index in [1.54, 1.807) is 0 Å². The second-order valence-electron chi connectivity index (χ2n) is 3.67. The lowest BCUT2D eigenvalue weighted by molar-refractivity contribution is -0.144. The van der Waals surface area contributed by atoms with Crippen LogP contribution in [0.3, 0.4) is 0 Å². The molecule has 94 valence electrons. The van der Waals surface area contributed by atoms with Crippen molar-refractivity contribution in [2.24, 2.45) is 0 Å². The standard InChI is InChI=1S/C11H21NO4/c1-4-6-7-8(11(14)15)12-10(13)9(5-2)16-3/h8-9H,4-7H2,1-3H3,(H,12,13)(H,14,15)/t8-,9?/m0/s1. The minimum atomic E-state index is -0.993. The van der Waals surface area contributed by atoms with Gasteiger partial charge >= 0.3 is 5.97 Å². The third-order valence-electron chi connectivity index (χ3n) is 2.41. The molecule has 0 saturated carbocycles. The number of methoxy groups -OCH3 is 1. The fourth-order valence-corrected chi connectivity index (χ4v) is 1.39. The summed E-state index contributed by atoms with van der Waals surface area (Å²) in [5.74, 6) is -1.35. The average molecular weight is 231 g/mol. The molecule has 0 heterocycles. The van der Waals surface area contributed by atoms with Crippen molar-refractivity contribution >= 4 is 11.9 Å². The molecule has 0 rings (SSSR count). The SMILES string of the molecule is CCCC[C@H](NC(=O)C(CC)OC)C(=O)O. The molecule has 1 amide bonds. The van der Waals surface area contributed by atoms with Gasteiger partial charge in [0.2, 0.25) is 5.91 Å². The third kappa shape index (κ3) is 5.11. The minimum absolute atomic E-state index is 0.353. The quantitative estimate of drug-likeness (QED) is 0.657. The number of amides is 1. The topological polar surface area (TPSA) is 75.6 Å². The summed E-state index contributed by atoms with van der Waals surface area (Å²) >= 11 is 0. The number of aliphatic carboxylic acids is 1. The molecule has 0 spiro atoms. The van der Waals surface area contributed by atoms with Gasteiger partial charge in [-0.25, -0.2) is 4.79 Å². The summed E-state index contributed by atoms with van der Waals surface area (Å²) in [6.45, 7) is 3.79. The minimum Gasteiger partial charge on any atom is -0.480 e. The Balaban J connectivity index is 4.27. The van der Waals surface area contributed by atoms with Gasteiger partial charge in [-0.15, -0.1) is 0 Å². The predicted molar refractivity (Wildman–Crippen MR) is 60.2 cm³/mol. The maximum atomic E-state index is 11.6. The van der Waals surface area contributed by atoms with Crippen LogP contribution >= 0.6 is 0 Å². The van der Waals surface area contributed by atoms with Gasteiger partial charge in [-0.05, 0) is 12.8 Å². The molecule has 0 fully saturated rings. The van der Waals surface area contributed by atoms with Gasteiger partial charge in [0, 0.05) is 7.11 Å². The molecule has 0 aliphatic rings. The normalized spacial score (nSPS) is 14.2. The number of hydrogen-bond acceptors (Lipinski definition) is 3. The van der Waals surface area contributed by atoms with Gasteiger partial charge < -0.3 is 15.2 Å². The van der Waals surface area contributed by atoms with E-state index in [1.165, 1.54) is 7.11 Å². The van der Waals surface area contributed by atoms with E-state index >= 15 is 0 Å². The molecule has 0 aromatic carbocycles. The van der Waals surface area contributed by atoms with Crippen molar-refractivity contribution in [3.63, 3.8) is 0 Å². The molecule has 1 unspecified atom stereocenters. The molecular formula is C11H21NO4. The zero-order valence-corrected chi connectivity index (χ0v) is 10.2. The Morgan fingerprint density at radius 3 is 2.38 bits per heavy atom. The first-order chi connectivity index (χ1) is 7.56. The van der Waals surface area contributed by atoms with Crippen LogP contribution in [0.4, 0.5) is 0 Å². The average Bonchev–Trinajstić information content (AvgIpc) is 2.25. The Kier molecular flexibility index (Phi) is 7.54. The van der Waals surface area contributed by atoms with Gasteiger partial charge in [-0.3, -0.25) is 4.79 Å². The molecule has 0 aromatic heterocycles. The Labute approximate surface area is 96.2 Å². The molecule has 0 aliphatic heterocycles. The number of nitrogens with one attached hydrogen (secondary N) is 1. The number of carbonyl (C=O) groups is 2. The van der Waals surface area contributed by atoms with Crippen LogP contribution in [0.1, 0.15) is 39.5 Å². The molecule has 2 N–H and O–H groups in total. The van der Waals surface area contributed by atoms with E-state index in [1.807, 2.05) is 13.8 Å². The van der Waals surface area contributed by atoms with Gasteiger partial charge in [0.15, 0.2) is 0 Å². The number of ether oxygens (including phenoxy) is 1. The third-order valence-corrected chi connectivity index (χ3v) is 2.41. The van der Waals surface area contributed by atoms with E-state index < -0.39 is 18.1 Å². The fraction of sp³-hybridized carbons (Fsp3) is 0.818. The molecule has 5 nitrogen and oxygen atoms in total. The molecule has 0 bridgehead atoms. The lowest BCUT2D eigenvalue weighted by Crippen LogP contribution is -2.45. The summed E-state index contributed by atoms with van der Waals surface area (Å²) in [6.07, 6.45) is 2.10. The lowest BCUT2D eigenvalue weighted by Gasteiger charge is -2.18. The highest BCUT2D eigenvalue weighted by Crippen LogP contribution is 2.03. The van der Waals surface area contributed by atoms with Gasteiger partial charge in [0.05, 0.1) is 0 Å². The number of carbonyl (C=O) groups excluding carboxylic acids is 1. The monoisotopic (exact) mass is 231 g/mol. The highest BCUT2D eigenvalue weighted by Gasteiger charge is 2.23. The van der Waals surface area contributed by atoms with Crippen molar-refractivity contribution in [2.75, 3.05) is 7.11 Å². The number of carboxylic acid groups (broad SMARTS) is 1. The van der Waals surface area contributed by atoms with E-state index in [0.717, 1.165) is 12.8 Å². The second-order valence-corrected chi connectivity index (χ2v) is 3.67. The summed E-state index contributed by atoms with van der Waals surface area (Å²) in [7, 11) is 1.44. The van der Waals surface area contributed by atoms with E-state index in [4.69, 9.17) is 9.84 Å². The first-order valence-electron chi connectivity index (χ1n) is 5.62. The fourth-order valence-electron chi connectivity index (χ4n) is 1.39. The smallest absolute Gasteiger partial charge is 0.326 e. The van der Waals surface area contributed by atoms with Crippen LogP contribution in [-0.2, 0) is 14.3 Å². The molecule has 5 heteroatoms. The molecule has 2 atom stereocenters. The Bertz CT molecular complexity index is 226. The van der Waals surface area contributed by atoms with Crippen LogP contribution in [0.2, 0.25) is 0 Å². The van der Waals surface area contributed by atoms with E-state index in [-0.39, 0.29) is 5.91 Å². The van der Waals surface area contributed by atoms with Crippen LogP contribution < -0.4 is 5.32 Å². The van der Waals surface area contributed by atoms with Crippen LogP contribution in [0.15, 0.2) is 0 Å². The summed E-state index contributed by atoms with van der Waals surface area (Å²) in [6, 6.07) is -0.809. The molecule has 0 aliphatic carbocycles. The summed E-state index contributed by atoms with van der Waals surface area (Å²) in [5.41, 5.74) is 0. The van der Waals surface area contributed by atoms with Crippen molar-refractivity contribution < 1.29 is 19.4 Å². The van der Waals surface area contributed by atoms with Gasteiger partial charge in [-0.2, -0.15) is 0 Å². The first kappa shape index (κ1) is 14.9. The highest BCUT2D eigenvalue weighted by molar-refractivity contribution is 5.86. The van der Waals surface area contributed by atoms with Gasteiger partial charge in [-0.1, -0.05) is 26.7 Å². The highest BCUT2D eigenvalue weighted by atomic mass is 16.5. The van der Waals surface area contributed by atoms with Gasteiger partial charge in [0.1, 0.15) is 12.1 Å². The summed E-state index contributed by atoms with van der Waals surface area (Å²) in [4.78, 5) is 22.5. The van der Waals surface area contributed by atoms with Crippen LogP contribution in [0.25, 0.3) is 0 Å². The van der Waals surface area contributed by atoms with Crippen LogP contribution in [0.5, 0.6) is 0 Å². The van der Waals surface area contributed by atoms with Crippen molar-refractivity contribution in [1.29, 1.82) is 0 Å². The largest absolute Gasteiger partial charge is 0.480 e. The van der Waals surface area contributed by atoms with Crippen molar-refractivity contribution in [3.05, 3.63) is 0 Å². The van der Waals surface area contributed by atoms with Crippen molar-refractivity contribution in [1.82, 2.24) is 5.32 Å². The van der Waals surface area contributed by atoms with Crippen molar-refractivity contribution in [2.45, 2.75) is 51.7 Å². The summed E-state index contributed by atoms with van der Waals surface area (Å²) < 4.78 is 4.94. The Morgan fingerprint density at radius 1 is 1.38 bits per heavy atom. The number of unbranched alkanes of at least 4 members (excludes halogenated alkanes) is 1. The molecule has 0 saturated heterocycles. The Hall–Kier alpha value is -1.10. The Morgan fingerprint density at radius 2 is 2.00 bits per heavy atom.